The van der Waals surface area contributed by atoms with Crippen molar-refractivity contribution in [2.75, 3.05) is 7.11 Å². The van der Waals surface area contributed by atoms with Gasteiger partial charge in [0.15, 0.2) is 0 Å². The average molecular weight is 252 g/mol. The number of hydrogen-bond acceptors (Lipinski definition) is 3. The van der Waals surface area contributed by atoms with Crippen molar-refractivity contribution >= 4 is 18.7 Å². The van der Waals surface area contributed by atoms with Gasteiger partial charge in [-0.1, -0.05) is 30.3 Å². The van der Waals surface area contributed by atoms with Crippen LogP contribution in [0.15, 0.2) is 48.5 Å². The molecule has 0 saturated carbocycles. The lowest BCUT2D eigenvalue weighted by Gasteiger charge is -2.20. The van der Waals surface area contributed by atoms with E-state index in [9.17, 15) is 5.02 Å². The van der Waals surface area contributed by atoms with Crippen LogP contribution in [0.25, 0.3) is 11.5 Å². The van der Waals surface area contributed by atoms with Crippen molar-refractivity contribution < 1.29 is 14.4 Å². The molecule has 3 rings (SSSR count). The maximum Gasteiger partial charge on any atom is 0.560 e. The molecular formula is C15H13BO3. The van der Waals surface area contributed by atoms with Gasteiger partial charge < -0.3 is 14.4 Å². The Kier molecular flexibility index (Phi) is 3.01. The summed E-state index contributed by atoms with van der Waals surface area (Å²) < 4.78 is 10.6. The van der Waals surface area contributed by atoms with E-state index in [1.807, 2.05) is 54.6 Å². The van der Waals surface area contributed by atoms with Gasteiger partial charge in [0.1, 0.15) is 11.5 Å². The molecule has 2 aromatic rings. The summed E-state index contributed by atoms with van der Waals surface area (Å²) in [4.78, 5) is 0. The zero-order valence-corrected chi connectivity index (χ0v) is 10.5. The number of benzene rings is 2. The third kappa shape index (κ3) is 2.22. The van der Waals surface area contributed by atoms with E-state index < -0.39 is 7.12 Å². The maximum absolute atomic E-state index is 10.1. The molecule has 0 radical (unpaired) electrons. The first kappa shape index (κ1) is 11.9. The van der Waals surface area contributed by atoms with E-state index in [0.29, 0.717) is 5.75 Å². The highest BCUT2D eigenvalue weighted by molar-refractivity contribution is 6.70. The summed E-state index contributed by atoms with van der Waals surface area (Å²) in [7, 11) is 0.687. The first-order valence-electron chi connectivity index (χ1n) is 6.08. The molecule has 0 fully saturated rings. The van der Waals surface area contributed by atoms with Gasteiger partial charge in [-0.05, 0) is 29.8 Å². The molecule has 0 aliphatic carbocycles. The van der Waals surface area contributed by atoms with E-state index in [2.05, 4.69) is 0 Å². The third-order valence-corrected chi connectivity index (χ3v) is 3.16. The van der Waals surface area contributed by atoms with Crippen molar-refractivity contribution in [3.05, 3.63) is 59.7 Å². The van der Waals surface area contributed by atoms with Gasteiger partial charge in [-0.25, -0.2) is 0 Å². The second kappa shape index (κ2) is 4.82. The Bertz CT molecular complexity index is 620. The van der Waals surface area contributed by atoms with Crippen LogP contribution >= 0.6 is 0 Å². The molecule has 4 heteroatoms. The fourth-order valence-electron chi connectivity index (χ4n) is 2.14. The number of fused-ring (bicyclic) bond motifs is 1. The first-order valence-corrected chi connectivity index (χ1v) is 6.08. The lowest BCUT2D eigenvalue weighted by atomic mass is 9.72. The van der Waals surface area contributed by atoms with Gasteiger partial charge in [-0.3, -0.25) is 0 Å². The largest absolute Gasteiger partial charge is 0.560 e. The van der Waals surface area contributed by atoms with E-state index in [4.69, 9.17) is 9.39 Å². The molecule has 2 aromatic carbocycles. The average Bonchev–Trinajstić information content (AvgIpc) is 2.47. The minimum absolute atomic E-state index is 0.701. The zero-order valence-electron chi connectivity index (χ0n) is 10.5. The molecule has 0 saturated heterocycles. The minimum atomic E-state index is -0.941. The fourth-order valence-corrected chi connectivity index (χ4v) is 2.14. The van der Waals surface area contributed by atoms with Crippen molar-refractivity contribution in [1.82, 2.24) is 0 Å². The van der Waals surface area contributed by atoms with Crippen LogP contribution < -0.4 is 9.39 Å². The number of rotatable bonds is 2. The number of para-hydroxylation sites is 1. The predicted molar refractivity (Wildman–Crippen MR) is 75.9 cm³/mol. The summed E-state index contributed by atoms with van der Waals surface area (Å²) in [6.45, 7) is 0. The molecule has 19 heavy (non-hydrogen) atoms. The van der Waals surface area contributed by atoms with Crippen molar-refractivity contribution in [3.8, 4) is 11.5 Å². The Balaban J connectivity index is 2.01. The molecule has 1 heterocycles. The SMILES string of the molecule is COc1ccc(C2=Cc3ccccc3OB2O)cc1. The molecule has 3 nitrogen and oxygen atoms in total. The molecule has 0 aromatic heterocycles. The highest BCUT2D eigenvalue weighted by atomic mass is 16.5. The van der Waals surface area contributed by atoms with Gasteiger partial charge in [0.25, 0.3) is 0 Å². The van der Waals surface area contributed by atoms with Gasteiger partial charge >= 0.3 is 7.12 Å². The monoisotopic (exact) mass is 252 g/mol. The quantitative estimate of drug-likeness (QED) is 0.835. The Labute approximate surface area is 112 Å². The van der Waals surface area contributed by atoms with Crippen LogP contribution in [0.2, 0.25) is 0 Å². The summed E-state index contributed by atoms with van der Waals surface area (Å²) in [6.07, 6.45) is 1.95. The summed E-state index contributed by atoms with van der Waals surface area (Å²) in [5, 5.41) is 10.1. The Morgan fingerprint density at radius 2 is 1.79 bits per heavy atom. The van der Waals surface area contributed by atoms with Crippen molar-refractivity contribution in [3.63, 3.8) is 0 Å². The van der Waals surface area contributed by atoms with Gasteiger partial charge in [-0.15, -0.1) is 0 Å². The highest BCUT2D eigenvalue weighted by Crippen LogP contribution is 2.32. The maximum atomic E-state index is 10.1. The zero-order chi connectivity index (χ0) is 13.2. The molecule has 1 N–H and O–H groups in total. The van der Waals surface area contributed by atoms with E-state index >= 15 is 0 Å². The molecule has 0 spiro atoms. The molecule has 94 valence electrons. The van der Waals surface area contributed by atoms with Crippen LogP contribution in [0.5, 0.6) is 11.5 Å². The summed E-state index contributed by atoms with van der Waals surface area (Å²) >= 11 is 0. The van der Waals surface area contributed by atoms with Crippen molar-refractivity contribution in [2.45, 2.75) is 0 Å². The van der Waals surface area contributed by atoms with Gasteiger partial charge in [0, 0.05) is 11.0 Å². The lowest BCUT2D eigenvalue weighted by molar-refractivity contribution is 0.414. The Morgan fingerprint density at radius 1 is 1.05 bits per heavy atom. The molecule has 0 unspecified atom stereocenters. The number of ether oxygens (including phenoxy) is 1. The van der Waals surface area contributed by atoms with E-state index in [0.717, 1.165) is 22.3 Å². The third-order valence-electron chi connectivity index (χ3n) is 3.16. The van der Waals surface area contributed by atoms with Crippen molar-refractivity contribution in [2.24, 2.45) is 0 Å². The van der Waals surface area contributed by atoms with E-state index in [1.54, 1.807) is 7.11 Å². The van der Waals surface area contributed by atoms with Crippen LogP contribution in [0, 0.1) is 0 Å². The van der Waals surface area contributed by atoms with Crippen molar-refractivity contribution in [1.29, 1.82) is 0 Å². The van der Waals surface area contributed by atoms with Crippen LogP contribution in [0.4, 0.5) is 0 Å². The van der Waals surface area contributed by atoms with E-state index in [-0.39, 0.29) is 0 Å². The predicted octanol–water partition coefficient (Wildman–Crippen LogP) is 2.65. The molecular weight excluding hydrogens is 239 g/mol. The number of methoxy groups -OCH3 is 1. The second-order valence-corrected chi connectivity index (χ2v) is 4.34. The van der Waals surface area contributed by atoms with Crippen LogP contribution in [0.3, 0.4) is 0 Å². The van der Waals surface area contributed by atoms with Gasteiger partial charge in [0.05, 0.1) is 7.11 Å². The Morgan fingerprint density at radius 3 is 2.53 bits per heavy atom. The summed E-state index contributed by atoms with van der Waals surface area (Å²) in [5.41, 5.74) is 2.64. The molecule has 0 bridgehead atoms. The molecule has 0 amide bonds. The molecule has 1 aliphatic rings. The van der Waals surface area contributed by atoms with Crippen LogP contribution in [0.1, 0.15) is 11.1 Å². The topological polar surface area (TPSA) is 38.7 Å². The number of hydrogen-bond donors (Lipinski definition) is 1. The van der Waals surface area contributed by atoms with Gasteiger partial charge in [-0.2, -0.15) is 0 Å². The summed E-state index contributed by atoms with van der Waals surface area (Å²) in [6, 6.07) is 15.2. The Hall–Kier alpha value is -2.20. The second-order valence-electron chi connectivity index (χ2n) is 4.34. The fraction of sp³-hybridized carbons (Fsp3) is 0.0667. The minimum Gasteiger partial charge on any atom is -0.532 e. The van der Waals surface area contributed by atoms with E-state index in [1.165, 1.54) is 0 Å². The van der Waals surface area contributed by atoms with Crippen LogP contribution in [-0.4, -0.2) is 19.3 Å². The lowest BCUT2D eigenvalue weighted by Crippen LogP contribution is -2.26. The molecule has 0 atom stereocenters. The van der Waals surface area contributed by atoms with Crippen LogP contribution in [-0.2, 0) is 0 Å². The first-order chi connectivity index (χ1) is 9.28. The standard InChI is InChI=1S/C15H13BO3/c1-18-13-8-6-11(7-9-13)14-10-12-4-2-3-5-15(12)19-16(14)17/h2-10,17H,1H3. The molecule has 1 aliphatic heterocycles. The summed E-state index contributed by atoms with van der Waals surface area (Å²) in [5.74, 6) is 1.49. The normalized spacial score (nSPS) is 13.4. The highest BCUT2D eigenvalue weighted by Gasteiger charge is 2.28. The van der Waals surface area contributed by atoms with Gasteiger partial charge in [0.2, 0.25) is 0 Å². The smallest absolute Gasteiger partial charge is 0.532 e.